The fraction of sp³-hybridized carbons (Fsp3) is 0.450. The molecule has 2 aliphatic rings. The summed E-state index contributed by atoms with van der Waals surface area (Å²) in [5, 5.41) is 20.5. The number of hydrogen-bond donors (Lipinski definition) is 3. The Morgan fingerprint density at radius 1 is 0.660 bits per heavy atom. The van der Waals surface area contributed by atoms with Gasteiger partial charge in [-0.15, -0.1) is 22.7 Å². The quantitative estimate of drug-likeness (QED) is 0.129. The van der Waals surface area contributed by atoms with Gasteiger partial charge in [0.2, 0.25) is 0 Å². The molecule has 11 nitrogen and oxygen atoms in total. The van der Waals surface area contributed by atoms with Crippen molar-refractivity contribution >= 4 is 86.7 Å². The lowest BCUT2D eigenvalue weighted by Crippen LogP contribution is -2.36. The van der Waals surface area contributed by atoms with Crippen LogP contribution in [0.4, 0.5) is 11.6 Å². The van der Waals surface area contributed by atoms with Crippen LogP contribution in [0.25, 0.3) is 40.6 Å². The lowest BCUT2D eigenvalue weighted by Gasteiger charge is -2.33. The van der Waals surface area contributed by atoms with Crippen LogP contribution in [0.3, 0.4) is 0 Å². The van der Waals surface area contributed by atoms with Crippen molar-refractivity contribution in [2.75, 3.05) is 38.8 Å². The van der Waals surface area contributed by atoms with Gasteiger partial charge in [-0.2, -0.15) is 0 Å². The van der Waals surface area contributed by atoms with E-state index in [4.69, 9.17) is 0 Å². The summed E-state index contributed by atoms with van der Waals surface area (Å²) < 4.78 is 2.18. The van der Waals surface area contributed by atoms with E-state index in [1.54, 1.807) is 54.4 Å². The number of Topliss-reactive ketones (excluding diaryl/α,β-unsaturated/α-hetero) is 1. The Balaban J connectivity index is 0.000000178. The van der Waals surface area contributed by atoms with Crippen LogP contribution >= 0.6 is 22.7 Å². The van der Waals surface area contributed by atoms with E-state index in [9.17, 15) is 14.7 Å². The number of hydrogen-bond acceptors (Lipinski definition) is 12. The number of nitrogens with zero attached hydrogens (tertiary/aromatic N) is 6. The normalized spacial score (nSPS) is 20.4. The number of carboxylic acid groups (broad SMARTS) is 1. The molecular formula is C40H50N8O3S2. The van der Waals surface area contributed by atoms with E-state index in [0.717, 1.165) is 83.5 Å². The second kappa shape index (κ2) is 16.4. The van der Waals surface area contributed by atoms with Gasteiger partial charge in [-0.05, 0) is 123 Å². The third kappa shape index (κ3) is 8.28. The maximum atomic E-state index is 11.8. The first-order valence-electron chi connectivity index (χ1n) is 18.0. The summed E-state index contributed by atoms with van der Waals surface area (Å²) in [6, 6.07) is 13.3. The van der Waals surface area contributed by atoms with E-state index < -0.39 is 5.97 Å². The summed E-state index contributed by atoms with van der Waals surface area (Å²) in [5.74, 6) is 0.881. The van der Waals surface area contributed by atoms with E-state index in [2.05, 4.69) is 68.6 Å². The molecular weight excluding hydrogens is 705 g/mol. The van der Waals surface area contributed by atoms with Crippen molar-refractivity contribution in [1.29, 1.82) is 0 Å². The Morgan fingerprint density at radius 2 is 1.08 bits per heavy atom. The Bertz CT molecular complexity index is 2080. The van der Waals surface area contributed by atoms with Gasteiger partial charge in [0.15, 0.2) is 5.78 Å². The number of carboxylic acids is 1. The van der Waals surface area contributed by atoms with E-state index in [1.165, 1.54) is 25.7 Å². The lowest BCUT2D eigenvalue weighted by atomic mass is 9.90. The molecule has 4 aromatic heterocycles. The van der Waals surface area contributed by atoms with Crippen LogP contribution in [-0.4, -0.2) is 99.0 Å². The minimum absolute atomic E-state index is 0. The van der Waals surface area contributed by atoms with Crippen LogP contribution in [0, 0.1) is 0 Å². The van der Waals surface area contributed by atoms with Gasteiger partial charge < -0.3 is 25.5 Å². The van der Waals surface area contributed by atoms with Crippen molar-refractivity contribution in [3.8, 4) is 0 Å². The molecule has 0 radical (unpaired) electrons. The maximum absolute atomic E-state index is 11.8. The number of thiophene rings is 2. The van der Waals surface area contributed by atoms with E-state index >= 15 is 0 Å². The second-order valence-electron chi connectivity index (χ2n) is 14.5. The molecule has 0 spiro atoms. The van der Waals surface area contributed by atoms with Gasteiger partial charge in [-0.3, -0.25) is 4.79 Å². The Kier molecular flexibility index (Phi) is 11.9. The number of benzene rings is 2. The predicted octanol–water partition coefficient (Wildman–Crippen LogP) is 8.80. The van der Waals surface area contributed by atoms with Crippen LogP contribution in [0.2, 0.25) is 0 Å². The van der Waals surface area contributed by atoms with E-state index in [-0.39, 0.29) is 13.2 Å². The maximum Gasteiger partial charge on any atom is 0.335 e. The topological polar surface area (TPSA) is 136 Å². The molecule has 6 aromatic rings. The molecule has 0 unspecified atom stereocenters. The number of nitrogens with one attached hydrogen (secondary N) is 2. The first-order chi connectivity index (χ1) is 25.0. The van der Waals surface area contributed by atoms with Crippen molar-refractivity contribution < 1.29 is 14.7 Å². The molecule has 2 aromatic carbocycles. The van der Waals surface area contributed by atoms with Gasteiger partial charge in [0.1, 0.15) is 34.0 Å². The summed E-state index contributed by atoms with van der Waals surface area (Å²) in [4.78, 5) is 47.5. The molecule has 8 rings (SSSR count). The van der Waals surface area contributed by atoms with Crippen LogP contribution in [0.1, 0.15) is 86.4 Å². The average Bonchev–Trinajstić information content (AvgIpc) is 3.71. The van der Waals surface area contributed by atoms with Gasteiger partial charge in [-0.25, -0.2) is 24.7 Å². The molecule has 2 saturated carbocycles. The van der Waals surface area contributed by atoms with Gasteiger partial charge in [-0.1, -0.05) is 7.43 Å². The number of carbonyl (C=O) groups excluding carboxylic acids is 1. The number of aromatic nitrogens is 4. The zero-order chi connectivity index (χ0) is 36.5. The summed E-state index contributed by atoms with van der Waals surface area (Å²) >= 11 is 3.23. The highest BCUT2D eigenvalue weighted by Gasteiger charge is 2.25. The molecule has 2 fully saturated rings. The number of ketones is 1. The minimum Gasteiger partial charge on any atom is -0.478 e. The van der Waals surface area contributed by atoms with E-state index in [1.807, 2.05) is 24.3 Å². The molecule has 2 aliphatic carbocycles. The summed E-state index contributed by atoms with van der Waals surface area (Å²) in [5.41, 5.74) is 1.02. The number of carbonyl (C=O) groups is 2. The average molecular weight is 755 g/mol. The largest absolute Gasteiger partial charge is 0.478 e. The predicted molar refractivity (Wildman–Crippen MR) is 220 cm³/mol. The highest BCUT2D eigenvalue weighted by atomic mass is 32.1. The molecule has 4 heterocycles. The summed E-state index contributed by atoms with van der Waals surface area (Å²) in [7, 11) is 8.61. The van der Waals surface area contributed by atoms with Crippen LogP contribution < -0.4 is 10.6 Å². The van der Waals surface area contributed by atoms with Crippen molar-refractivity contribution in [2.24, 2.45) is 0 Å². The molecule has 0 atom stereocenters. The molecule has 0 saturated heterocycles. The SMILES string of the molecule is C.CC(=O)c1ccc2sc3ncnc(NC4CCC(N(C)C)CC4)c3c2c1.CN(C)C1CCC(Nc2ncnc3sc4ccc(C(=O)O)cc4c23)CC1. The lowest BCUT2D eigenvalue weighted by molar-refractivity contribution is 0.0696. The number of fused-ring (bicyclic) bond motifs is 6. The third-order valence-electron chi connectivity index (χ3n) is 10.7. The van der Waals surface area contributed by atoms with Gasteiger partial charge in [0.25, 0.3) is 0 Å². The number of anilines is 2. The van der Waals surface area contributed by atoms with Crippen molar-refractivity contribution in [2.45, 2.75) is 89.9 Å². The van der Waals surface area contributed by atoms with Gasteiger partial charge in [0, 0.05) is 49.9 Å². The molecule has 53 heavy (non-hydrogen) atoms. The fourth-order valence-corrected chi connectivity index (χ4v) is 9.69. The van der Waals surface area contributed by atoms with Crippen LogP contribution in [-0.2, 0) is 0 Å². The molecule has 280 valence electrons. The standard InChI is InChI=1S/C20H24N4OS.C19H22N4O2S.CH4/c1-12(25)13-4-9-17-16(10-13)18-19(21-11-22-20(18)26-17)23-14-5-7-15(8-6-14)24(2)3;1-23(2)13-6-4-12(5-7-13)22-17-16-14-9-11(19(24)25)3-8-15(14)26-18(16)21-10-20-17;/h4,9-11,14-15H,5-8H2,1-3H3,(H,21,22,23);3,8-10,12-13H,4-7H2,1-2H3,(H,24,25)(H,20,21,22);1H4. The Hall–Kier alpha value is -4.30. The van der Waals surface area contributed by atoms with E-state index in [0.29, 0.717) is 29.7 Å². The summed E-state index contributed by atoms with van der Waals surface area (Å²) in [6.45, 7) is 1.61. The van der Waals surface area contributed by atoms with Crippen LogP contribution in [0.15, 0.2) is 49.1 Å². The highest BCUT2D eigenvalue weighted by Crippen LogP contribution is 2.39. The Morgan fingerprint density at radius 3 is 1.47 bits per heavy atom. The minimum atomic E-state index is -0.917. The zero-order valence-electron chi connectivity index (χ0n) is 30.3. The second-order valence-corrected chi connectivity index (χ2v) is 16.6. The van der Waals surface area contributed by atoms with Crippen molar-refractivity contribution in [1.82, 2.24) is 29.7 Å². The number of aromatic carboxylic acids is 1. The molecule has 0 bridgehead atoms. The summed E-state index contributed by atoms with van der Waals surface area (Å²) in [6.07, 6.45) is 12.5. The van der Waals surface area contributed by atoms with Crippen LogP contribution in [0.5, 0.6) is 0 Å². The van der Waals surface area contributed by atoms with Crippen molar-refractivity contribution in [3.05, 3.63) is 60.2 Å². The molecule has 3 N–H and O–H groups in total. The Labute approximate surface area is 318 Å². The molecule has 0 aliphatic heterocycles. The number of rotatable bonds is 8. The molecule has 13 heteroatoms. The first-order valence-corrected chi connectivity index (χ1v) is 19.6. The van der Waals surface area contributed by atoms with Gasteiger partial charge in [0.05, 0.1) is 16.3 Å². The zero-order valence-corrected chi connectivity index (χ0v) is 32.0. The molecule has 0 amide bonds. The third-order valence-corrected chi connectivity index (χ3v) is 12.9. The van der Waals surface area contributed by atoms with Crippen molar-refractivity contribution in [3.63, 3.8) is 0 Å². The highest BCUT2D eigenvalue weighted by molar-refractivity contribution is 7.26. The monoisotopic (exact) mass is 754 g/mol. The fourth-order valence-electron chi connectivity index (χ4n) is 7.65. The smallest absolute Gasteiger partial charge is 0.335 e. The van der Waals surface area contributed by atoms with Gasteiger partial charge >= 0.3 is 5.97 Å². The first kappa shape index (κ1) is 38.4.